The van der Waals surface area contributed by atoms with Gasteiger partial charge in [0.25, 0.3) is 5.56 Å². The molecule has 2 heterocycles. The normalized spacial score (nSPS) is 32.5. The maximum Gasteiger partial charge on any atom is 0.330 e. The van der Waals surface area contributed by atoms with Crippen molar-refractivity contribution in [1.82, 2.24) is 9.55 Å². The van der Waals surface area contributed by atoms with E-state index in [1.807, 2.05) is 0 Å². The summed E-state index contributed by atoms with van der Waals surface area (Å²) in [6.07, 6.45) is -5.50. The van der Waals surface area contributed by atoms with Crippen molar-refractivity contribution in [3.05, 3.63) is 32.9 Å². The van der Waals surface area contributed by atoms with E-state index >= 15 is 0 Å². The van der Waals surface area contributed by atoms with E-state index in [0.717, 1.165) is 0 Å². The van der Waals surface area contributed by atoms with E-state index in [4.69, 9.17) is 21.4 Å². The number of nitrogens with zero attached hydrogens (tertiary/aromatic N) is 1. The van der Waals surface area contributed by atoms with Crippen LogP contribution >= 0.6 is 11.6 Å². The van der Waals surface area contributed by atoms with Gasteiger partial charge in [-0.3, -0.25) is 14.3 Å². The number of H-pyrrole nitrogens is 1. The highest BCUT2D eigenvalue weighted by molar-refractivity contribution is 6.19. The molecule has 2 rings (SSSR count). The molecule has 19 heavy (non-hydrogen) atoms. The van der Waals surface area contributed by atoms with Crippen LogP contribution in [0, 0.1) is 5.82 Å². The van der Waals surface area contributed by atoms with Gasteiger partial charge in [0.05, 0.1) is 6.20 Å². The molecule has 1 aromatic rings. The lowest BCUT2D eigenvalue weighted by Crippen LogP contribution is -2.39. The number of aliphatic hydroxyl groups is 3. The van der Waals surface area contributed by atoms with Crippen LogP contribution < -0.4 is 11.2 Å². The van der Waals surface area contributed by atoms with E-state index in [0.29, 0.717) is 10.8 Å². The van der Waals surface area contributed by atoms with Crippen LogP contribution in [0.15, 0.2) is 15.8 Å². The van der Waals surface area contributed by atoms with Crippen molar-refractivity contribution < 1.29 is 24.4 Å². The average molecular weight is 297 g/mol. The van der Waals surface area contributed by atoms with Crippen molar-refractivity contribution in [2.75, 3.05) is 0 Å². The van der Waals surface area contributed by atoms with Gasteiger partial charge in [-0.15, -0.1) is 0 Å². The van der Waals surface area contributed by atoms with Gasteiger partial charge in [0.2, 0.25) is 5.82 Å². The largest absolute Gasteiger partial charge is 0.387 e. The van der Waals surface area contributed by atoms with Crippen LogP contribution in [0.1, 0.15) is 6.23 Å². The molecular formula is C9H10ClFN2O6. The molecule has 106 valence electrons. The van der Waals surface area contributed by atoms with Crippen molar-refractivity contribution >= 4 is 11.6 Å². The van der Waals surface area contributed by atoms with Crippen molar-refractivity contribution in [3.63, 3.8) is 0 Å². The Morgan fingerprint density at radius 3 is 2.58 bits per heavy atom. The predicted octanol–water partition coefficient (Wildman–Crippen LogP) is -2.15. The quantitative estimate of drug-likeness (QED) is 0.461. The third-order valence-corrected chi connectivity index (χ3v) is 2.99. The standard InChI is InChI=1S/C9H10ClFN2O6/c10-6(16)5-3(14)4(15)8(19-5)13-1-2(11)7(17)12-9(13)18/h1,3-6,8,14-16H,(H,12,17,18)/t3-,4+,5-,6?,8+/m0/s1. The van der Waals surface area contributed by atoms with Crippen LogP contribution in [0.3, 0.4) is 0 Å². The molecule has 0 bridgehead atoms. The number of aromatic nitrogens is 2. The number of halogens is 2. The number of hydrogen-bond donors (Lipinski definition) is 4. The first-order valence-electron chi connectivity index (χ1n) is 5.17. The van der Waals surface area contributed by atoms with Crippen LogP contribution in [0.25, 0.3) is 0 Å². The monoisotopic (exact) mass is 296 g/mol. The minimum absolute atomic E-state index is 0.533. The second kappa shape index (κ2) is 5.02. The molecule has 10 heteroatoms. The van der Waals surface area contributed by atoms with Gasteiger partial charge in [0.1, 0.15) is 18.3 Å². The molecule has 0 radical (unpaired) electrons. The second-order valence-electron chi connectivity index (χ2n) is 3.99. The summed E-state index contributed by atoms with van der Waals surface area (Å²) in [5.74, 6) is -1.26. The van der Waals surface area contributed by atoms with Crippen molar-refractivity contribution in [3.8, 4) is 0 Å². The Hall–Kier alpha value is -1.26. The first-order valence-corrected chi connectivity index (χ1v) is 5.61. The molecule has 4 N–H and O–H groups in total. The predicted molar refractivity (Wildman–Crippen MR) is 59.1 cm³/mol. The fourth-order valence-electron chi connectivity index (χ4n) is 1.79. The summed E-state index contributed by atoms with van der Waals surface area (Å²) in [5.41, 5.74) is -3.88. The summed E-state index contributed by atoms with van der Waals surface area (Å²) < 4.78 is 18.7. The van der Waals surface area contributed by atoms with Crippen molar-refractivity contribution in [1.29, 1.82) is 0 Å². The van der Waals surface area contributed by atoms with Crippen LogP contribution in [0.2, 0.25) is 0 Å². The van der Waals surface area contributed by atoms with Gasteiger partial charge < -0.3 is 20.1 Å². The first-order chi connectivity index (χ1) is 8.82. The molecule has 0 spiro atoms. The molecule has 1 aromatic heterocycles. The molecule has 1 unspecified atom stereocenters. The lowest BCUT2D eigenvalue weighted by Gasteiger charge is -2.17. The lowest BCUT2D eigenvalue weighted by atomic mass is 10.1. The van der Waals surface area contributed by atoms with Gasteiger partial charge in [0.15, 0.2) is 11.8 Å². The number of alkyl halides is 1. The maximum atomic E-state index is 13.1. The second-order valence-corrected chi connectivity index (χ2v) is 4.44. The Bertz CT molecular complexity index is 587. The van der Waals surface area contributed by atoms with Gasteiger partial charge >= 0.3 is 5.69 Å². The highest BCUT2D eigenvalue weighted by atomic mass is 35.5. The molecule has 0 amide bonds. The third kappa shape index (κ3) is 2.42. The summed E-state index contributed by atoms with van der Waals surface area (Å²) in [6.45, 7) is 0. The number of aliphatic hydroxyl groups excluding tert-OH is 3. The van der Waals surface area contributed by atoms with E-state index in [1.54, 1.807) is 4.98 Å². The zero-order chi connectivity index (χ0) is 14.3. The van der Waals surface area contributed by atoms with Gasteiger partial charge in [-0.05, 0) is 0 Å². The minimum atomic E-state index is -1.63. The molecular weight excluding hydrogens is 287 g/mol. The summed E-state index contributed by atoms with van der Waals surface area (Å²) in [6, 6.07) is 0. The van der Waals surface area contributed by atoms with E-state index < -0.39 is 47.2 Å². The van der Waals surface area contributed by atoms with Crippen LogP contribution in [-0.4, -0.2) is 48.7 Å². The average Bonchev–Trinajstić information content (AvgIpc) is 2.62. The number of aromatic amines is 1. The zero-order valence-electron chi connectivity index (χ0n) is 9.23. The number of nitrogens with one attached hydrogen (secondary N) is 1. The summed E-state index contributed by atoms with van der Waals surface area (Å²) in [7, 11) is 0. The Morgan fingerprint density at radius 2 is 2.05 bits per heavy atom. The smallest absolute Gasteiger partial charge is 0.330 e. The number of ether oxygens (including phenoxy) is 1. The van der Waals surface area contributed by atoms with Gasteiger partial charge in [-0.2, -0.15) is 4.39 Å². The number of hydrogen-bond acceptors (Lipinski definition) is 6. The molecule has 1 aliphatic rings. The van der Waals surface area contributed by atoms with Crippen molar-refractivity contribution in [2.45, 2.75) is 30.1 Å². The van der Waals surface area contributed by atoms with Gasteiger partial charge in [-0.25, -0.2) is 4.79 Å². The topological polar surface area (TPSA) is 125 Å². The highest BCUT2D eigenvalue weighted by Gasteiger charge is 2.46. The van der Waals surface area contributed by atoms with E-state index in [9.17, 15) is 24.2 Å². The molecule has 1 aliphatic heterocycles. The zero-order valence-corrected chi connectivity index (χ0v) is 9.99. The van der Waals surface area contributed by atoms with E-state index in [2.05, 4.69) is 0 Å². The molecule has 0 aliphatic carbocycles. The van der Waals surface area contributed by atoms with Crippen LogP contribution in [-0.2, 0) is 4.74 Å². The Labute approximate surface area is 109 Å². The summed E-state index contributed by atoms with van der Waals surface area (Å²) in [4.78, 5) is 24.0. The summed E-state index contributed by atoms with van der Waals surface area (Å²) >= 11 is 5.33. The highest BCUT2D eigenvalue weighted by Crippen LogP contribution is 2.30. The van der Waals surface area contributed by atoms with Crippen molar-refractivity contribution in [2.24, 2.45) is 0 Å². The maximum absolute atomic E-state index is 13.1. The first kappa shape index (κ1) is 14.2. The lowest BCUT2D eigenvalue weighted by molar-refractivity contribution is -0.0650. The summed E-state index contributed by atoms with van der Waals surface area (Å²) in [5, 5.41) is 28.4. The number of rotatable bonds is 2. The molecule has 8 nitrogen and oxygen atoms in total. The minimum Gasteiger partial charge on any atom is -0.387 e. The van der Waals surface area contributed by atoms with Gasteiger partial charge in [0, 0.05) is 0 Å². The molecule has 1 saturated heterocycles. The molecule has 5 atom stereocenters. The van der Waals surface area contributed by atoms with E-state index in [-0.39, 0.29) is 0 Å². The molecule has 0 aromatic carbocycles. The Morgan fingerprint density at radius 1 is 1.42 bits per heavy atom. The third-order valence-electron chi connectivity index (χ3n) is 2.74. The molecule has 0 saturated carbocycles. The van der Waals surface area contributed by atoms with Gasteiger partial charge in [-0.1, -0.05) is 11.6 Å². The fraction of sp³-hybridized carbons (Fsp3) is 0.556. The van der Waals surface area contributed by atoms with Crippen LogP contribution in [0.5, 0.6) is 0 Å². The Kier molecular flexibility index (Phi) is 3.74. The van der Waals surface area contributed by atoms with Crippen LogP contribution in [0.4, 0.5) is 4.39 Å². The SMILES string of the molecule is O=c1[nH]c(=O)n([C@@H]2O[C@H](C(O)Cl)[C@@H](O)[C@H]2O)cc1F. The fourth-order valence-corrected chi connectivity index (χ4v) is 2.00. The molecule has 1 fully saturated rings. The van der Waals surface area contributed by atoms with E-state index in [1.165, 1.54) is 0 Å². The Balaban J connectivity index is 2.41.